The van der Waals surface area contributed by atoms with E-state index in [1.165, 1.54) is 10.4 Å². The van der Waals surface area contributed by atoms with E-state index in [9.17, 15) is 17.2 Å². The van der Waals surface area contributed by atoms with Gasteiger partial charge in [0.05, 0.1) is 11.4 Å². The lowest BCUT2D eigenvalue weighted by atomic mass is 10.2. The molecule has 0 radical (unpaired) electrons. The molecule has 0 spiro atoms. The maximum absolute atomic E-state index is 13.5. The van der Waals surface area contributed by atoms with Crippen molar-refractivity contribution in [2.75, 3.05) is 0 Å². The molecule has 1 heterocycles. The van der Waals surface area contributed by atoms with E-state index in [1.54, 1.807) is 55.1 Å². The summed E-state index contributed by atoms with van der Waals surface area (Å²) < 4.78 is 56.1. The highest BCUT2D eigenvalue weighted by Crippen LogP contribution is 2.21. The van der Waals surface area contributed by atoms with Gasteiger partial charge in [-0.3, -0.25) is 0 Å². The topological polar surface area (TPSA) is 55.2 Å². The number of halogens is 2. The Morgan fingerprint density at radius 1 is 1.07 bits per heavy atom. The number of aryl methyl sites for hydroxylation is 1. The highest BCUT2D eigenvalue weighted by Gasteiger charge is 2.28. The van der Waals surface area contributed by atoms with Crippen LogP contribution in [0.1, 0.15) is 30.8 Å². The summed E-state index contributed by atoms with van der Waals surface area (Å²) in [4.78, 5) is 4.50. The van der Waals surface area contributed by atoms with Gasteiger partial charge < -0.3 is 4.57 Å². The highest BCUT2D eigenvalue weighted by atomic mass is 32.2. The standard InChI is InChI=1S/C21H23F2N3O2S/c1-15(2)26(29(27,28)18-7-4-16(3)5-8-18)14-21-24-10-11-25(21)13-17-6-9-19(22)20(23)12-17/h4-12,15H,13-14H2,1-3H3. The normalized spacial score (nSPS) is 12.1. The summed E-state index contributed by atoms with van der Waals surface area (Å²) >= 11 is 0. The van der Waals surface area contributed by atoms with E-state index in [4.69, 9.17) is 0 Å². The molecule has 2 aromatic carbocycles. The van der Waals surface area contributed by atoms with E-state index in [-0.39, 0.29) is 24.0 Å². The number of nitrogens with zero attached hydrogens (tertiary/aromatic N) is 3. The van der Waals surface area contributed by atoms with Crippen LogP contribution in [0.2, 0.25) is 0 Å². The van der Waals surface area contributed by atoms with Crippen molar-refractivity contribution >= 4 is 10.0 Å². The fourth-order valence-corrected chi connectivity index (χ4v) is 4.59. The van der Waals surface area contributed by atoms with Crippen molar-refractivity contribution in [2.45, 2.75) is 44.8 Å². The van der Waals surface area contributed by atoms with E-state index in [2.05, 4.69) is 4.98 Å². The summed E-state index contributed by atoms with van der Waals surface area (Å²) in [6, 6.07) is 10.1. The Hall–Kier alpha value is -2.58. The van der Waals surface area contributed by atoms with E-state index in [0.717, 1.165) is 17.7 Å². The molecule has 0 bridgehead atoms. The molecule has 3 aromatic rings. The molecule has 3 rings (SSSR count). The van der Waals surface area contributed by atoms with Gasteiger partial charge in [0.2, 0.25) is 10.0 Å². The van der Waals surface area contributed by atoms with Crippen LogP contribution in [0.15, 0.2) is 59.8 Å². The van der Waals surface area contributed by atoms with Crippen LogP contribution in [0, 0.1) is 18.6 Å². The van der Waals surface area contributed by atoms with Crippen molar-refractivity contribution < 1.29 is 17.2 Å². The van der Waals surface area contributed by atoms with Crippen LogP contribution in [0.3, 0.4) is 0 Å². The summed E-state index contributed by atoms with van der Waals surface area (Å²) in [7, 11) is -3.72. The molecule has 0 saturated heterocycles. The Morgan fingerprint density at radius 2 is 1.76 bits per heavy atom. The Labute approximate surface area is 169 Å². The predicted molar refractivity (Wildman–Crippen MR) is 107 cm³/mol. The third-order valence-corrected chi connectivity index (χ3v) is 6.68. The quantitative estimate of drug-likeness (QED) is 0.579. The Morgan fingerprint density at radius 3 is 2.38 bits per heavy atom. The fourth-order valence-electron chi connectivity index (χ4n) is 3.00. The molecule has 154 valence electrons. The van der Waals surface area contributed by atoms with Gasteiger partial charge in [-0.1, -0.05) is 23.8 Å². The zero-order valence-electron chi connectivity index (χ0n) is 16.5. The van der Waals surface area contributed by atoms with Crippen LogP contribution in [-0.4, -0.2) is 28.3 Å². The van der Waals surface area contributed by atoms with Gasteiger partial charge in [0.15, 0.2) is 11.6 Å². The van der Waals surface area contributed by atoms with Crippen LogP contribution in [-0.2, 0) is 23.1 Å². The van der Waals surface area contributed by atoms with Gasteiger partial charge in [-0.15, -0.1) is 0 Å². The zero-order valence-corrected chi connectivity index (χ0v) is 17.3. The van der Waals surface area contributed by atoms with E-state index < -0.39 is 21.7 Å². The first-order valence-electron chi connectivity index (χ1n) is 9.21. The number of benzene rings is 2. The van der Waals surface area contributed by atoms with Gasteiger partial charge in [-0.05, 0) is 50.6 Å². The van der Waals surface area contributed by atoms with Crippen molar-refractivity contribution in [1.82, 2.24) is 13.9 Å². The van der Waals surface area contributed by atoms with Crippen LogP contribution in [0.4, 0.5) is 8.78 Å². The molecule has 0 saturated carbocycles. The van der Waals surface area contributed by atoms with Crippen molar-refractivity contribution in [2.24, 2.45) is 0 Å². The molecule has 1 aromatic heterocycles. The van der Waals surface area contributed by atoms with Crippen LogP contribution in [0.5, 0.6) is 0 Å². The molecule has 0 atom stereocenters. The van der Waals surface area contributed by atoms with Gasteiger partial charge in [0, 0.05) is 25.0 Å². The van der Waals surface area contributed by atoms with Gasteiger partial charge in [-0.2, -0.15) is 4.31 Å². The number of hydrogen-bond acceptors (Lipinski definition) is 3. The minimum absolute atomic E-state index is 0.0601. The molecule has 0 amide bonds. The van der Waals surface area contributed by atoms with Crippen molar-refractivity contribution in [1.29, 1.82) is 0 Å². The number of rotatable bonds is 7. The lowest BCUT2D eigenvalue weighted by molar-refractivity contribution is 0.336. The average Bonchev–Trinajstić information content (AvgIpc) is 3.09. The van der Waals surface area contributed by atoms with Gasteiger partial charge in [0.25, 0.3) is 0 Å². The summed E-state index contributed by atoms with van der Waals surface area (Å²) in [6.45, 7) is 5.81. The first kappa shape index (κ1) is 21.1. The molecule has 0 aliphatic heterocycles. The first-order chi connectivity index (χ1) is 13.7. The maximum atomic E-state index is 13.5. The highest BCUT2D eigenvalue weighted by molar-refractivity contribution is 7.89. The lowest BCUT2D eigenvalue weighted by Crippen LogP contribution is -2.37. The Kier molecular flexibility index (Phi) is 6.14. The smallest absolute Gasteiger partial charge is 0.243 e. The molecule has 29 heavy (non-hydrogen) atoms. The molecule has 0 fully saturated rings. The Balaban J connectivity index is 1.88. The predicted octanol–water partition coefficient (Wildman–Crippen LogP) is 4.12. The monoisotopic (exact) mass is 419 g/mol. The molecule has 0 aliphatic rings. The van der Waals surface area contributed by atoms with Crippen LogP contribution >= 0.6 is 0 Å². The van der Waals surface area contributed by atoms with Crippen molar-refractivity contribution in [3.63, 3.8) is 0 Å². The minimum atomic E-state index is -3.72. The summed E-state index contributed by atoms with van der Waals surface area (Å²) in [6.07, 6.45) is 3.25. The molecule has 0 unspecified atom stereocenters. The molecule has 0 N–H and O–H groups in total. The van der Waals surface area contributed by atoms with Crippen molar-refractivity contribution in [3.8, 4) is 0 Å². The third kappa shape index (κ3) is 4.71. The summed E-state index contributed by atoms with van der Waals surface area (Å²) in [5.41, 5.74) is 1.53. The van der Waals surface area contributed by atoms with E-state index in [1.807, 2.05) is 6.92 Å². The molecular formula is C21H23F2N3O2S. The molecule has 8 heteroatoms. The molecular weight excluding hydrogens is 396 g/mol. The lowest BCUT2D eigenvalue weighted by Gasteiger charge is -2.26. The fraction of sp³-hybridized carbons (Fsp3) is 0.286. The second-order valence-corrected chi connectivity index (χ2v) is 9.07. The molecule has 0 aliphatic carbocycles. The second kappa shape index (κ2) is 8.42. The number of hydrogen-bond donors (Lipinski definition) is 0. The van der Waals surface area contributed by atoms with Gasteiger partial charge in [0.1, 0.15) is 5.82 Å². The zero-order chi connectivity index (χ0) is 21.2. The second-order valence-electron chi connectivity index (χ2n) is 7.18. The van der Waals surface area contributed by atoms with Crippen LogP contribution in [0.25, 0.3) is 0 Å². The van der Waals surface area contributed by atoms with Gasteiger partial charge >= 0.3 is 0 Å². The SMILES string of the molecule is Cc1ccc(S(=O)(=O)N(Cc2nccn2Cc2ccc(F)c(F)c2)C(C)C)cc1. The number of aromatic nitrogens is 2. The van der Waals surface area contributed by atoms with Crippen LogP contribution < -0.4 is 0 Å². The largest absolute Gasteiger partial charge is 0.329 e. The number of sulfonamides is 1. The minimum Gasteiger partial charge on any atom is -0.329 e. The Bertz CT molecular complexity index is 1090. The average molecular weight is 419 g/mol. The van der Waals surface area contributed by atoms with E-state index >= 15 is 0 Å². The summed E-state index contributed by atoms with van der Waals surface area (Å²) in [5, 5.41) is 0. The summed E-state index contributed by atoms with van der Waals surface area (Å²) in [5.74, 6) is -1.32. The number of imidazole rings is 1. The van der Waals surface area contributed by atoms with Crippen molar-refractivity contribution in [3.05, 3.63) is 83.4 Å². The van der Waals surface area contributed by atoms with Gasteiger partial charge in [-0.25, -0.2) is 22.2 Å². The van der Waals surface area contributed by atoms with E-state index in [0.29, 0.717) is 11.4 Å². The first-order valence-corrected chi connectivity index (χ1v) is 10.6. The maximum Gasteiger partial charge on any atom is 0.243 e. The third-order valence-electron chi connectivity index (χ3n) is 4.64. The molecule has 5 nitrogen and oxygen atoms in total.